The molecule has 0 bridgehead atoms. The summed E-state index contributed by atoms with van der Waals surface area (Å²) in [5, 5.41) is 13.7. The summed E-state index contributed by atoms with van der Waals surface area (Å²) in [5.74, 6) is -1.66. The number of rotatable bonds is 6. The zero-order valence-electron chi connectivity index (χ0n) is 15.7. The van der Waals surface area contributed by atoms with Gasteiger partial charge in [0.05, 0.1) is 6.42 Å². The summed E-state index contributed by atoms with van der Waals surface area (Å²) in [5.41, 5.74) is 3.10. The van der Waals surface area contributed by atoms with E-state index in [-0.39, 0.29) is 23.7 Å². The number of carboxylic acids is 1. The van der Waals surface area contributed by atoms with Crippen LogP contribution < -0.4 is 10.6 Å². The zero-order valence-corrected chi connectivity index (χ0v) is 15.7. The fourth-order valence-electron chi connectivity index (χ4n) is 2.45. The van der Waals surface area contributed by atoms with E-state index in [4.69, 9.17) is 5.11 Å². The fourth-order valence-corrected chi connectivity index (χ4v) is 2.45. The van der Waals surface area contributed by atoms with Crippen LogP contribution in [0.15, 0.2) is 48.5 Å². The Morgan fingerprint density at radius 2 is 1.52 bits per heavy atom. The topological polar surface area (TPSA) is 95.5 Å². The number of anilines is 1. The number of carboxylic acid groups (broad SMARTS) is 1. The van der Waals surface area contributed by atoms with E-state index >= 15 is 0 Å². The van der Waals surface area contributed by atoms with Gasteiger partial charge in [-0.2, -0.15) is 0 Å². The molecule has 6 nitrogen and oxygen atoms in total. The van der Waals surface area contributed by atoms with Gasteiger partial charge in [-0.25, -0.2) is 0 Å². The molecule has 0 aromatic heterocycles. The zero-order chi connectivity index (χ0) is 20.0. The highest BCUT2D eigenvalue weighted by atomic mass is 16.4. The predicted octanol–water partition coefficient (Wildman–Crippen LogP) is 2.98. The molecule has 0 atom stereocenters. The standard InChI is InChI=1S/C21H24N2O4/c1-21(2,3)16-8-6-15(7-9-16)20(27)23-17-10-4-14(5-11-17)12-18(24)22-13-19(25)26/h4-11H,12-13H2,1-3H3,(H,22,24)(H,23,27)(H,25,26). The van der Waals surface area contributed by atoms with Crippen molar-refractivity contribution in [2.24, 2.45) is 0 Å². The lowest BCUT2D eigenvalue weighted by molar-refractivity contribution is -0.137. The summed E-state index contributed by atoms with van der Waals surface area (Å²) in [6.45, 7) is 5.95. The van der Waals surface area contributed by atoms with Gasteiger partial charge < -0.3 is 15.7 Å². The third kappa shape index (κ3) is 6.26. The first-order chi connectivity index (χ1) is 12.6. The Balaban J connectivity index is 1.94. The highest BCUT2D eigenvalue weighted by Crippen LogP contribution is 2.22. The first kappa shape index (κ1) is 20.2. The molecule has 2 rings (SSSR count). The van der Waals surface area contributed by atoms with Gasteiger partial charge >= 0.3 is 5.97 Å². The predicted molar refractivity (Wildman–Crippen MR) is 104 cm³/mol. The van der Waals surface area contributed by atoms with Gasteiger partial charge in [0.1, 0.15) is 6.54 Å². The number of hydrogen-bond acceptors (Lipinski definition) is 3. The lowest BCUT2D eigenvalue weighted by Crippen LogP contribution is -2.30. The van der Waals surface area contributed by atoms with Crippen molar-refractivity contribution in [2.45, 2.75) is 32.6 Å². The molecule has 2 aromatic rings. The number of nitrogens with one attached hydrogen (secondary N) is 2. The van der Waals surface area contributed by atoms with Crippen molar-refractivity contribution in [2.75, 3.05) is 11.9 Å². The van der Waals surface area contributed by atoms with Crippen LogP contribution in [0.4, 0.5) is 5.69 Å². The van der Waals surface area contributed by atoms with Crippen LogP contribution in [-0.2, 0) is 21.4 Å². The first-order valence-corrected chi connectivity index (χ1v) is 8.64. The second kappa shape index (κ2) is 8.49. The molecule has 0 aliphatic carbocycles. The second-order valence-corrected chi connectivity index (χ2v) is 7.33. The van der Waals surface area contributed by atoms with Crippen LogP contribution in [0.25, 0.3) is 0 Å². The molecule has 27 heavy (non-hydrogen) atoms. The Kier molecular flexibility index (Phi) is 6.34. The van der Waals surface area contributed by atoms with Crippen molar-refractivity contribution < 1.29 is 19.5 Å². The lowest BCUT2D eigenvalue weighted by Gasteiger charge is -2.19. The molecule has 0 fully saturated rings. The number of benzene rings is 2. The summed E-state index contributed by atoms with van der Waals surface area (Å²) < 4.78 is 0. The first-order valence-electron chi connectivity index (χ1n) is 8.64. The Labute approximate surface area is 158 Å². The molecular weight excluding hydrogens is 344 g/mol. The van der Waals surface area contributed by atoms with E-state index in [2.05, 4.69) is 31.4 Å². The molecule has 0 heterocycles. The molecule has 6 heteroatoms. The minimum atomic E-state index is -1.09. The van der Waals surface area contributed by atoms with E-state index in [1.165, 1.54) is 0 Å². The number of hydrogen-bond donors (Lipinski definition) is 3. The summed E-state index contributed by atoms with van der Waals surface area (Å²) in [6.07, 6.45) is 0.0791. The van der Waals surface area contributed by atoms with Crippen molar-refractivity contribution in [3.05, 3.63) is 65.2 Å². The Morgan fingerprint density at radius 1 is 0.926 bits per heavy atom. The Bertz CT molecular complexity index is 819. The normalized spacial score (nSPS) is 10.9. The average Bonchev–Trinajstić information content (AvgIpc) is 2.61. The van der Waals surface area contributed by atoms with Crippen molar-refractivity contribution in [1.82, 2.24) is 5.32 Å². The number of amides is 2. The van der Waals surface area contributed by atoms with E-state index in [1.807, 2.05) is 12.1 Å². The largest absolute Gasteiger partial charge is 0.480 e. The van der Waals surface area contributed by atoms with Crippen molar-refractivity contribution in [3.63, 3.8) is 0 Å². The molecule has 3 N–H and O–H groups in total. The Morgan fingerprint density at radius 3 is 2.04 bits per heavy atom. The van der Waals surface area contributed by atoms with Crippen molar-refractivity contribution >= 4 is 23.5 Å². The van der Waals surface area contributed by atoms with Gasteiger partial charge in [0.25, 0.3) is 5.91 Å². The van der Waals surface area contributed by atoms with Gasteiger partial charge in [0.2, 0.25) is 5.91 Å². The minimum Gasteiger partial charge on any atom is -0.480 e. The fraction of sp³-hybridized carbons (Fsp3) is 0.286. The smallest absolute Gasteiger partial charge is 0.322 e. The molecule has 2 aromatic carbocycles. The van der Waals surface area contributed by atoms with E-state index in [9.17, 15) is 14.4 Å². The molecule has 0 radical (unpaired) electrons. The quantitative estimate of drug-likeness (QED) is 0.730. The molecule has 0 spiro atoms. The monoisotopic (exact) mass is 368 g/mol. The van der Waals surface area contributed by atoms with Gasteiger partial charge in [0.15, 0.2) is 0 Å². The van der Waals surface area contributed by atoms with Crippen LogP contribution in [0.3, 0.4) is 0 Å². The summed E-state index contributed by atoms with van der Waals surface area (Å²) in [6, 6.07) is 14.4. The van der Waals surface area contributed by atoms with Crippen LogP contribution in [0.1, 0.15) is 42.3 Å². The number of carbonyl (C=O) groups is 3. The minimum absolute atomic E-state index is 0.0294. The van der Waals surface area contributed by atoms with E-state index in [0.29, 0.717) is 11.3 Å². The van der Waals surface area contributed by atoms with E-state index in [0.717, 1.165) is 11.1 Å². The number of aliphatic carboxylic acids is 1. The highest BCUT2D eigenvalue weighted by molar-refractivity contribution is 6.04. The van der Waals surface area contributed by atoms with Crippen LogP contribution >= 0.6 is 0 Å². The third-order valence-corrected chi connectivity index (χ3v) is 4.03. The SMILES string of the molecule is CC(C)(C)c1ccc(C(=O)Nc2ccc(CC(=O)NCC(=O)O)cc2)cc1. The van der Waals surface area contributed by atoms with Crippen LogP contribution in [0, 0.1) is 0 Å². The maximum absolute atomic E-state index is 12.4. The molecule has 0 aliphatic rings. The van der Waals surface area contributed by atoms with Gasteiger partial charge in [-0.3, -0.25) is 14.4 Å². The van der Waals surface area contributed by atoms with Gasteiger partial charge in [-0.1, -0.05) is 45.0 Å². The van der Waals surface area contributed by atoms with Gasteiger partial charge in [-0.05, 0) is 40.8 Å². The van der Waals surface area contributed by atoms with Crippen molar-refractivity contribution in [3.8, 4) is 0 Å². The van der Waals surface area contributed by atoms with Gasteiger partial charge in [-0.15, -0.1) is 0 Å². The molecule has 2 amide bonds. The average molecular weight is 368 g/mol. The summed E-state index contributed by atoms with van der Waals surface area (Å²) in [7, 11) is 0. The van der Waals surface area contributed by atoms with Crippen LogP contribution in [0.2, 0.25) is 0 Å². The third-order valence-electron chi connectivity index (χ3n) is 4.03. The highest BCUT2D eigenvalue weighted by Gasteiger charge is 2.14. The Hall–Kier alpha value is -3.15. The van der Waals surface area contributed by atoms with Crippen LogP contribution in [-0.4, -0.2) is 29.4 Å². The van der Waals surface area contributed by atoms with Crippen molar-refractivity contribution in [1.29, 1.82) is 0 Å². The van der Waals surface area contributed by atoms with E-state index in [1.54, 1.807) is 36.4 Å². The van der Waals surface area contributed by atoms with Crippen LogP contribution in [0.5, 0.6) is 0 Å². The molecule has 0 aliphatic heterocycles. The lowest BCUT2D eigenvalue weighted by atomic mass is 9.87. The number of carbonyl (C=O) groups excluding carboxylic acids is 2. The van der Waals surface area contributed by atoms with E-state index < -0.39 is 12.5 Å². The maximum atomic E-state index is 12.4. The molecule has 0 saturated carbocycles. The summed E-state index contributed by atoms with van der Waals surface area (Å²) in [4.78, 5) is 34.4. The van der Waals surface area contributed by atoms with Gasteiger partial charge in [0, 0.05) is 11.3 Å². The maximum Gasteiger partial charge on any atom is 0.322 e. The molecule has 0 unspecified atom stereocenters. The summed E-state index contributed by atoms with van der Waals surface area (Å²) >= 11 is 0. The molecule has 0 saturated heterocycles. The second-order valence-electron chi connectivity index (χ2n) is 7.33. The molecular formula is C21H24N2O4. The molecule has 142 valence electrons.